The van der Waals surface area contributed by atoms with Gasteiger partial charge in [0, 0.05) is 13.1 Å². The van der Waals surface area contributed by atoms with Gasteiger partial charge in [0.25, 0.3) is 0 Å². The van der Waals surface area contributed by atoms with E-state index in [1.54, 1.807) is 18.9 Å². The fourth-order valence-corrected chi connectivity index (χ4v) is 3.80. The van der Waals surface area contributed by atoms with E-state index in [2.05, 4.69) is 52.3 Å². The highest BCUT2D eigenvalue weighted by atomic mass is 32.2. The molecule has 1 aliphatic heterocycles. The van der Waals surface area contributed by atoms with Crippen molar-refractivity contribution >= 4 is 28.3 Å². The van der Waals surface area contributed by atoms with Crippen LogP contribution in [0.15, 0.2) is 54.6 Å². The normalized spacial score (nSPS) is 15.5. The number of benzene rings is 2. The molecule has 0 aliphatic carbocycles. The average Bonchev–Trinajstić information content (AvgIpc) is 2.64. The Hall–Kier alpha value is -1.56. The highest BCUT2D eigenvalue weighted by molar-refractivity contribution is 8.22. The van der Waals surface area contributed by atoms with Gasteiger partial charge in [0.05, 0.1) is 19.7 Å². The first-order valence-corrected chi connectivity index (χ1v) is 9.45. The monoisotopic (exact) mass is 358 g/mol. The molecule has 0 spiro atoms. The zero-order valence-electron chi connectivity index (χ0n) is 13.9. The third-order valence-electron chi connectivity index (χ3n) is 4.09. The second-order valence-corrected chi connectivity index (χ2v) is 7.44. The summed E-state index contributed by atoms with van der Waals surface area (Å²) in [6.45, 7) is 2.79. The van der Waals surface area contributed by atoms with E-state index in [4.69, 9.17) is 17.0 Å². The number of thiocarbonyl (C=S) groups is 1. The molecule has 3 nitrogen and oxygen atoms in total. The number of hydrogen-bond donors (Lipinski definition) is 0. The van der Waals surface area contributed by atoms with Crippen LogP contribution >= 0.6 is 24.0 Å². The molecule has 2 aromatic rings. The third kappa shape index (κ3) is 4.72. The van der Waals surface area contributed by atoms with Gasteiger partial charge in [-0.1, -0.05) is 66.4 Å². The Kier molecular flexibility index (Phi) is 6.12. The lowest BCUT2D eigenvalue weighted by Gasteiger charge is -2.36. The molecule has 0 unspecified atom stereocenters. The van der Waals surface area contributed by atoms with E-state index >= 15 is 0 Å². The van der Waals surface area contributed by atoms with Gasteiger partial charge in [-0.3, -0.25) is 4.90 Å². The molecule has 0 atom stereocenters. The van der Waals surface area contributed by atoms with Gasteiger partial charge in [0.15, 0.2) is 0 Å². The SMILES string of the molecule is COc1ccc(CN2CN(CCc3ccccc3)CSC2=S)cc1. The minimum Gasteiger partial charge on any atom is -0.497 e. The molecule has 3 rings (SSSR count). The maximum absolute atomic E-state index is 5.54. The summed E-state index contributed by atoms with van der Waals surface area (Å²) in [4.78, 5) is 4.73. The van der Waals surface area contributed by atoms with E-state index in [-0.39, 0.29) is 0 Å². The van der Waals surface area contributed by atoms with E-state index in [1.807, 2.05) is 12.1 Å². The molecule has 1 saturated heterocycles. The Balaban J connectivity index is 1.55. The van der Waals surface area contributed by atoms with Crippen LogP contribution in [0.1, 0.15) is 11.1 Å². The topological polar surface area (TPSA) is 15.7 Å². The maximum Gasteiger partial charge on any atom is 0.138 e. The molecule has 2 aromatic carbocycles. The number of thioether (sulfide) groups is 1. The highest BCUT2D eigenvalue weighted by Gasteiger charge is 2.21. The van der Waals surface area contributed by atoms with E-state index in [9.17, 15) is 0 Å². The van der Waals surface area contributed by atoms with Gasteiger partial charge in [-0.2, -0.15) is 0 Å². The van der Waals surface area contributed by atoms with Crippen LogP contribution in [0.2, 0.25) is 0 Å². The molecule has 1 aliphatic rings. The molecular weight excluding hydrogens is 336 g/mol. The first kappa shape index (κ1) is 17.3. The van der Waals surface area contributed by atoms with Crippen molar-refractivity contribution in [1.82, 2.24) is 9.80 Å². The predicted molar refractivity (Wildman–Crippen MR) is 105 cm³/mol. The van der Waals surface area contributed by atoms with E-state index < -0.39 is 0 Å². The molecule has 24 heavy (non-hydrogen) atoms. The molecule has 0 aromatic heterocycles. The van der Waals surface area contributed by atoms with Crippen molar-refractivity contribution < 1.29 is 4.74 Å². The van der Waals surface area contributed by atoms with Crippen molar-refractivity contribution in [2.24, 2.45) is 0 Å². The smallest absolute Gasteiger partial charge is 0.138 e. The summed E-state index contributed by atoms with van der Waals surface area (Å²) in [6, 6.07) is 18.9. The Morgan fingerprint density at radius 2 is 1.79 bits per heavy atom. The Morgan fingerprint density at radius 1 is 1.04 bits per heavy atom. The summed E-state index contributed by atoms with van der Waals surface area (Å²) in [6.07, 6.45) is 1.07. The molecule has 5 heteroatoms. The van der Waals surface area contributed by atoms with Crippen LogP contribution in [0.5, 0.6) is 5.75 Å². The van der Waals surface area contributed by atoms with E-state index in [1.165, 1.54) is 11.1 Å². The molecule has 0 saturated carbocycles. The average molecular weight is 359 g/mol. The summed E-state index contributed by atoms with van der Waals surface area (Å²) < 4.78 is 6.21. The van der Waals surface area contributed by atoms with Gasteiger partial charge >= 0.3 is 0 Å². The standard InChI is InChI=1S/C19H22N2OS2/c1-22-18-9-7-17(8-10-18)13-21-14-20(15-24-19(21)23)12-11-16-5-3-2-4-6-16/h2-10H,11-15H2,1H3. The van der Waals surface area contributed by atoms with Crippen LogP contribution in [-0.2, 0) is 13.0 Å². The minimum atomic E-state index is 0.845. The number of nitrogens with zero attached hydrogens (tertiary/aromatic N) is 2. The van der Waals surface area contributed by atoms with Crippen molar-refractivity contribution in [2.45, 2.75) is 13.0 Å². The zero-order chi connectivity index (χ0) is 16.8. The molecule has 0 amide bonds. The van der Waals surface area contributed by atoms with Crippen LogP contribution in [0, 0.1) is 0 Å². The molecular formula is C19H22N2OS2. The molecule has 1 fully saturated rings. The summed E-state index contributed by atoms with van der Waals surface area (Å²) in [5.74, 6) is 1.86. The summed E-state index contributed by atoms with van der Waals surface area (Å²) in [5, 5.41) is 0. The summed E-state index contributed by atoms with van der Waals surface area (Å²) in [7, 11) is 1.69. The van der Waals surface area contributed by atoms with Gasteiger partial charge in [0.1, 0.15) is 10.1 Å². The lowest BCUT2D eigenvalue weighted by Crippen LogP contribution is -2.44. The van der Waals surface area contributed by atoms with Gasteiger partial charge in [-0.15, -0.1) is 0 Å². The number of rotatable bonds is 6. The third-order valence-corrected chi connectivity index (χ3v) is 5.70. The Morgan fingerprint density at radius 3 is 2.50 bits per heavy atom. The van der Waals surface area contributed by atoms with Crippen LogP contribution in [0.3, 0.4) is 0 Å². The molecule has 1 heterocycles. The van der Waals surface area contributed by atoms with Gasteiger partial charge < -0.3 is 9.64 Å². The van der Waals surface area contributed by atoms with Gasteiger partial charge in [0.2, 0.25) is 0 Å². The van der Waals surface area contributed by atoms with E-state index in [0.29, 0.717) is 0 Å². The zero-order valence-corrected chi connectivity index (χ0v) is 15.5. The first-order chi connectivity index (χ1) is 11.7. The van der Waals surface area contributed by atoms with Gasteiger partial charge in [-0.05, 0) is 29.7 Å². The Bertz CT molecular complexity index is 661. The molecule has 0 bridgehead atoms. The molecule has 126 valence electrons. The van der Waals surface area contributed by atoms with Crippen molar-refractivity contribution in [3.8, 4) is 5.75 Å². The fraction of sp³-hybridized carbons (Fsp3) is 0.316. The Labute approximate surface area is 153 Å². The summed E-state index contributed by atoms with van der Waals surface area (Å²) >= 11 is 7.30. The largest absolute Gasteiger partial charge is 0.497 e. The quantitative estimate of drug-likeness (QED) is 0.724. The summed E-state index contributed by atoms with van der Waals surface area (Å²) in [5.41, 5.74) is 2.64. The van der Waals surface area contributed by atoms with Crippen LogP contribution in [0.25, 0.3) is 0 Å². The van der Waals surface area contributed by atoms with Crippen molar-refractivity contribution in [3.05, 3.63) is 65.7 Å². The van der Waals surface area contributed by atoms with Crippen molar-refractivity contribution in [2.75, 3.05) is 26.2 Å². The lowest BCUT2D eigenvalue weighted by atomic mass is 10.1. The van der Waals surface area contributed by atoms with Crippen LogP contribution in [-0.4, -0.2) is 40.3 Å². The highest BCUT2D eigenvalue weighted by Crippen LogP contribution is 2.22. The first-order valence-electron chi connectivity index (χ1n) is 8.05. The second-order valence-electron chi connectivity index (χ2n) is 5.86. The van der Waals surface area contributed by atoms with E-state index in [0.717, 1.165) is 42.1 Å². The molecule has 0 N–H and O–H groups in total. The number of hydrogen-bond acceptors (Lipinski definition) is 4. The minimum absolute atomic E-state index is 0.845. The second kappa shape index (κ2) is 8.51. The number of methoxy groups -OCH3 is 1. The van der Waals surface area contributed by atoms with Crippen LogP contribution in [0.4, 0.5) is 0 Å². The predicted octanol–water partition coefficient (Wildman–Crippen LogP) is 3.99. The van der Waals surface area contributed by atoms with Gasteiger partial charge in [-0.25, -0.2) is 0 Å². The molecule has 0 radical (unpaired) electrons. The lowest BCUT2D eigenvalue weighted by molar-refractivity contribution is 0.210. The van der Waals surface area contributed by atoms with Crippen LogP contribution < -0.4 is 4.74 Å². The van der Waals surface area contributed by atoms with Crippen molar-refractivity contribution in [1.29, 1.82) is 0 Å². The maximum atomic E-state index is 5.54. The fourth-order valence-electron chi connectivity index (χ4n) is 2.71. The number of ether oxygens (including phenoxy) is 1. The van der Waals surface area contributed by atoms with Crippen molar-refractivity contribution in [3.63, 3.8) is 0 Å².